The Morgan fingerprint density at radius 2 is 2.29 bits per heavy atom. The standard InChI is InChI=1S/C11H15N3/c1-3-14-7-9-5-4-6-10(8(2)12)11(9)13-14/h4-8H,3,12H2,1-2H3. The zero-order chi connectivity index (χ0) is 10.1. The fourth-order valence-electron chi connectivity index (χ4n) is 1.65. The predicted octanol–water partition coefficient (Wildman–Crippen LogP) is 2.08. The minimum Gasteiger partial charge on any atom is -0.324 e. The Balaban J connectivity index is 2.66. The summed E-state index contributed by atoms with van der Waals surface area (Å²) >= 11 is 0. The number of nitrogens with two attached hydrogens (primary N) is 1. The van der Waals surface area contributed by atoms with Gasteiger partial charge in [-0.2, -0.15) is 5.10 Å². The van der Waals surface area contributed by atoms with Crippen LogP contribution in [0.1, 0.15) is 25.5 Å². The lowest BCUT2D eigenvalue weighted by atomic mass is 10.1. The lowest BCUT2D eigenvalue weighted by Crippen LogP contribution is -2.05. The van der Waals surface area contributed by atoms with Crippen LogP contribution in [0.15, 0.2) is 24.4 Å². The molecular weight excluding hydrogens is 174 g/mol. The van der Waals surface area contributed by atoms with Crippen LogP contribution in [0.5, 0.6) is 0 Å². The molecule has 3 nitrogen and oxygen atoms in total. The van der Waals surface area contributed by atoms with Crippen molar-refractivity contribution in [1.29, 1.82) is 0 Å². The van der Waals surface area contributed by atoms with Crippen molar-refractivity contribution in [3.05, 3.63) is 30.0 Å². The van der Waals surface area contributed by atoms with Crippen LogP contribution < -0.4 is 5.73 Å². The zero-order valence-corrected chi connectivity index (χ0v) is 8.57. The molecule has 0 fully saturated rings. The number of hydrogen-bond acceptors (Lipinski definition) is 2. The molecule has 74 valence electrons. The molecule has 0 aliphatic carbocycles. The minimum atomic E-state index is 0.0407. The third-order valence-corrected chi connectivity index (χ3v) is 2.43. The number of fused-ring (bicyclic) bond motifs is 1. The molecule has 2 aromatic rings. The third kappa shape index (κ3) is 1.40. The van der Waals surface area contributed by atoms with Crippen LogP contribution in [0.25, 0.3) is 10.9 Å². The Kier molecular flexibility index (Phi) is 2.25. The number of hydrogen-bond donors (Lipinski definition) is 1. The average molecular weight is 189 g/mol. The molecule has 0 radical (unpaired) electrons. The fourth-order valence-corrected chi connectivity index (χ4v) is 1.65. The fraction of sp³-hybridized carbons (Fsp3) is 0.364. The minimum absolute atomic E-state index is 0.0407. The summed E-state index contributed by atoms with van der Waals surface area (Å²) in [5.74, 6) is 0. The third-order valence-electron chi connectivity index (χ3n) is 2.43. The van der Waals surface area contributed by atoms with Crippen molar-refractivity contribution in [1.82, 2.24) is 9.78 Å². The maximum atomic E-state index is 5.88. The van der Waals surface area contributed by atoms with Gasteiger partial charge in [-0.25, -0.2) is 0 Å². The van der Waals surface area contributed by atoms with E-state index in [4.69, 9.17) is 5.73 Å². The zero-order valence-electron chi connectivity index (χ0n) is 8.57. The van der Waals surface area contributed by atoms with Gasteiger partial charge in [-0.1, -0.05) is 18.2 Å². The van der Waals surface area contributed by atoms with Crippen molar-refractivity contribution in [3.8, 4) is 0 Å². The molecule has 0 saturated heterocycles. The van der Waals surface area contributed by atoms with Crippen molar-refractivity contribution in [2.24, 2.45) is 5.73 Å². The summed E-state index contributed by atoms with van der Waals surface area (Å²) in [6.07, 6.45) is 2.06. The van der Waals surface area contributed by atoms with Crippen molar-refractivity contribution >= 4 is 10.9 Å². The molecule has 0 spiro atoms. The summed E-state index contributed by atoms with van der Waals surface area (Å²) in [6, 6.07) is 6.18. The van der Waals surface area contributed by atoms with Gasteiger partial charge < -0.3 is 5.73 Å². The van der Waals surface area contributed by atoms with E-state index in [1.165, 1.54) is 5.39 Å². The highest BCUT2D eigenvalue weighted by atomic mass is 15.3. The average Bonchev–Trinajstić information content (AvgIpc) is 2.59. The molecular formula is C11H15N3. The highest BCUT2D eigenvalue weighted by Crippen LogP contribution is 2.21. The number of aryl methyl sites for hydroxylation is 1. The van der Waals surface area contributed by atoms with Crippen LogP contribution in [0.3, 0.4) is 0 Å². The highest BCUT2D eigenvalue weighted by molar-refractivity contribution is 5.81. The number of rotatable bonds is 2. The Hall–Kier alpha value is -1.35. The predicted molar refractivity (Wildman–Crippen MR) is 58.0 cm³/mol. The maximum absolute atomic E-state index is 5.88. The van der Waals surface area contributed by atoms with Crippen molar-refractivity contribution in [2.75, 3.05) is 0 Å². The van der Waals surface area contributed by atoms with E-state index in [9.17, 15) is 0 Å². The van der Waals surface area contributed by atoms with E-state index < -0.39 is 0 Å². The lowest BCUT2D eigenvalue weighted by molar-refractivity contribution is 0.665. The van der Waals surface area contributed by atoms with Crippen molar-refractivity contribution < 1.29 is 0 Å². The Morgan fingerprint density at radius 1 is 1.50 bits per heavy atom. The van der Waals surface area contributed by atoms with E-state index in [-0.39, 0.29) is 6.04 Å². The van der Waals surface area contributed by atoms with Gasteiger partial charge >= 0.3 is 0 Å². The first-order valence-corrected chi connectivity index (χ1v) is 4.94. The number of benzene rings is 1. The Bertz CT molecular complexity index is 443. The van der Waals surface area contributed by atoms with Gasteiger partial charge in [0.25, 0.3) is 0 Å². The van der Waals surface area contributed by atoms with Crippen LogP contribution in [0, 0.1) is 0 Å². The van der Waals surface area contributed by atoms with Gasteiger partial charge in [0.2, 0.25) is 0 Å². The molecule has 0 bridgehead atoms. The topological polar surface area (TPSA) is 43.8 Å². The summed E-state index contributed by atoms with van der Waals surface area (Å²) in [6.45, 7) is 4.96. The van der Waals surface area contributed by atoms with E-state index in [0.717, 1.165) is 17.6 Å². The van der Waals surface area contributed by atoms with E-state index in [1.54, 1.807) is 0 Å². The molecule has 1 atom stereocenters. The first-order valence-electron chi connectivity index (χ1n) is 4.94. The molecule has 2 rings (SSSR count). The summed E-state index contributed by atoms with van der Waals surface area (Å²) in [5.41, 5.74) is 8.03. The highest BCUT2D eigenvalue weighted by Gasteiger charge is 2.07. The van der Waals surface area contributed by atoms with Crippen LogP contribution in [-0.4, -0.2) is 9.78 Å². The molecule has 0 saturated carbocycles. The molecule has 3 heteroatoms. The first-order chi connectivity index (χ1) is 6.72. The maximum Gasteiger partial charge on any atom is 0.0970 e. The van der Waals surface area contributed by atoms with Crippen LogP contribution in [0.2, 0.25) is 0 Å². The SMILES string of the molecule is CCn1cc2cccc(C(C)N)c2n1. The second-order valence-electron chi connectivity index (χ2n) is 3.56. The Labute approximate surface area is 83.5 Å². The number of aromatic nitrogens is 2. The quantitative estimate of drug-likeness (QED) is 0.786. The molecule has 1 unspecified atom stereocenters. The van der Waals surface area contributed by atoms with E-state index in [0.29, 0.717) is 0 Å². The molecule has 0 amide bonds. The normalized spacial score (nSPS) is 13.4. The molecule has 2 N–H and O–H groups in total. The smallest absolute Gasteiger partial charge is 0.0970 e. The van der Waals surface area contributed by atoms with Gasteiger partial charge in [0.05, 0.1) is 5.52 Å². The van der Waals surface area contributed by atoms with E-state index >= 15 is 0 Å². The molecule has 14 heavy (non-hydrogen) atoms. The van der Waals surface area contributed by atoms with Gasteiger partial charge in [-0.3, -0.25) is 4.68 Å². The van der Waals surface area contributed by atoms with Crippen molar-refractivity contribution in [3.63, 3.8) is 0 Å². The number of nitrogens with zero attached hydrogens (tertiary/aromatic N) is 2. The van der Waals surface area contributed by atoms with E-state index in [1.807, 2.05) is 23.7 Å². The van der Waals surface area contributed by atoms with Gasteiger partial charge in [0, 0.05) is 24.2 Å². The summed E-state index contributed by atoms with van der Waals surface area (Å²) in [5, 5.41) is 5.66. The van der Waals surface area contributed by atoms with Crippen molar-refractivity contribution in [2.45, 2.75) is 26.4 Å². The van der Waals surface area contributed by atoms with E-state index in [2.05, 4.69) is 24.3 Å². The summed E-state index contributed by atoms with van der Waals surface area (Å²) in [4.78, 5) is 0. The Morgan fingerprint density at radius 3 is 2.93 bits per heavy atom. The largest absolute Gasteiger partial charge is 0.324 e. The lowest BCUT2D eigenvalue weighted by Gasteiger charge is -2.04. The second kappa shape index (κ2) is 3.42. The van der Waals surface area contributed by atoms with Gasteiger partial charge in [0.15, 0.2) is 0 Å². The van der Waals surface area contributed by atoms with Crippen LogP contribution >= 0.6 is 0 Å². The van der Waals surface area contributed by atoms with Crippen LogP contribution in [-0.2, 0) is 6.54 Å². The first kappa shape index (κ1) is 9.21. The molecule has 1 aromatic heterocycles. The molecule has 0 aliphatic heterocycles. The summed E-state index contributed by atoms with van der Waals surface area (Å²) in [7, 11) is 0. The van der Waals surface area contributed by atoms with Crippen LogP contribution in [0.4, 0.5) is 0 Å². The summed E-state index contributed by atoms with van der Waals surface area (Å²) < 4.78 is 1.94. The second-order valence-corrected chi connectivity index (χ2v) is 3.56. The van der Waals surface area contributed by atoms with Gasteiger partial charge in [-0.05, 0) is 19.4 Å². The monoisotopic (exact) mass is 189 g/mol. The molecule has 1 heterocycles. The van der Waals surface area contributed by atoms with Gasteiger partial charge in [0.1, 0.15) is 0 Å². The van der Waals surface area contributed by atoms with Gasteiger partial charge in [-0.15, -0.1) is 0 Å². The molecule has 1 aromatic carbocycles. The molecule has 0 aliphatic rings.